The molecule has 15 heavy (non-hydrogen) atoms. The fourth-order valence-electron chi connectivity index (χ4n) is 1.49. The van der Waals surface area contributed by atoms with Crippen molar-refractivity contribution in [2.24, 2.45) is 0 Å². The molecule has 1 aliphatic heterocycles. The highest BCUT2D eigenvalue weighted by Crippen LogP contribution is 2.17. The van der Waals surface area contributed by atoms with Crippen LogP contribution in [0, 0.1) is 0 Å². The maximum atomic E-state index is 11.7. The lowest BCUT2D eigenvalue weighted by atomic mass is 10.1. The van der Waals surface area contributed by atoms with E-state index in [1.807, 2.05) is 12.3 Å². The SMILES string of the molecule is CSCc1ccc(C(=O)N2CC(O)C2)o1. The number of amides is 1. The standard InChI is InChI=1S/C10H13NO3S/c1-15-6-8-2-3-9(14-8)10(13)11-4-7(12)5-11/h2-3,7,12H,4-6H2,1H3. The van der Waals surface area contributed by atoms with Crippen LogP contribution in [-0.4, -0.2) is 41.4 Å². The Morgan fingerprint density at radius 1 is 1.67 bits per heavy atom. The summed E-state index contributed by atoms with van der Waals surface area (Å²) in [4.78, 5) is 13.3. The number of nitrogens with zero attached hydrogens (tertiary/aromatic N) is 1. The Hall–Kier alpha value is -0.940. The number of furan rings is 1. The molecule has 0 aromatic carbocycles. The molecule has 1 saturated heterocycles. The summed E-state index contributed by atoms with van der Waals surface area (Å²) in [6.45, 7) is 0.828. The number of thioether (sulfide) groups is 1. The number of carbonyl (C=O) groups excluding carboxylic acids is 1. The van der Waals surface area contributed by atoms with Crippen LogP contribution in [0.15, 0.2) is 16.5 Å². The molecule has 0 atom stereocenters. The van der Waals surface area contributed by atoms with Crippen molar-refractivity contribution >= 4 is 17.7 Å². The fraction of sp³-hybridized carbons (Fsp3) is 0.500. The van der Waals surface area contributed by atoms with E-state index in [0.717, 1.165) is 11.5 Å². The molecule has 1 amide bonds. The number of hydrogen-bond donors (Lipinski definition) is 1. The largest absolute Gasteiger partial charge is 0.455 e. The smallest absolute Gasteiger partial charge is 0.289 e. The van der Waals surface area contributed by atoms with Gasteiger partial charge in [0.05, 0.1) is 11.9 Å². The molecule has 1 aliphatic rings. The third kappa shape index (κ3) is 2.18. The van der Waals surface area contributed by atoms with Gasteiger partial charge in [-0.15, -0.1) is 0 Å². The first-order valence-electron chi connectivity index (χ1n) is 4.75. The number of aliphatic hydroxyl groups is 1. The predicted molar refractivity (Wildman–Crippen MR) is 57.8 cm³/mol. The van der Waals surface area contributed by atoms with Gasteiger partial charge in [0.25, 0.3) is 5.91 Å². The van der Waals surface area contributed by atoms with E-state index in [0.29, 0.717) is 18.8 Å². The fourth-order valence-corrected chi connectivity index (χ4v) is 1.93. The molecule has 4 nitrogen and oxygen atoms in total. The second-order valence-corrected chi connectivity index (χ2v) is 4.43. The van der Waals surface area contributed by atoms with Gasteiger partial charge in [-0.05, 0) is 18.4 Å². The minimum Gasteiger partial charge on any atom is -0.455 e. The van der Waals surface area contributed by atoms with E-state index < -0.39 is 0 Å². The summed E-state index contributed by atoms with van der Waals surface area (Å²) < 4.78 is 5.38. The molecule has 1 N–H and O–H groups in total. The highest BCUT2D eigenvalue weighted by molar-refractivity contribution is 7.97. The summed E-state index contributed by atoms with van der Waals surface area (Å²) in [7, 11) is 0. The van der Waals surface area contributed by atoms with Crippen molar-refractivity contribution in [1.29, 1.82) is 0 Å². The lowest BCUT2D eigenvalue weighted by molar-refractivity contribution is 0.00385. The maximum Gasteiger partial charge on any atom is 0.289 e. The van der Waals surface area contributed by atoms with Gasteiger partial charge >= 0.3 is 0 Å². The van der Waals surface area contributed by atoms with Crippen molar-refractivity contribution in [3.63, 3.8) is 0 Å². The van der Waals surface area contributed by atoms with E-state index in [-0.39, 0.29) is 12.0 Å². The van der Waals surface area contributed by atoms with Gasteiger partial charge in [-0.3, -0.25) is 4.79 Å². The average molecular weight is 227 g/mol. The Labute approximate surface area is 92.2 Å². The van der Waals surface area contributed by atoms with E-state index in [1.54, 1.807) is 22.7 Å². The zero-order valence-corrected chi connectivity index (χ0v) is 9.29. The molecule has 0 bridgehead atoms. The Morgan fingerprint density at radius 3 is 3.00 bits per heavy atom. The van der Waals surface area contributed by atoms with Gasteiger partial charge in [0.2, 0.25) is 0 Å². The molecular weight excluding hydrogens is 214 g/mol. The lowest BCUT2D eigenvalue weighted by Gasteiger charge is -2.35. The van der Waals surface area contributed by atoms with Gasteiger partial charge in [0.15, 0.2) is 5.76 Å². The van der Waals surface area contributed by atoms with E-state index >= 15 is 0 Å². The molecule has 1 aromatic rings. The summed E-state index contributed by atoms with van der Waals surface area (Å²) in [6.07, 6.45) is 1.62. The Bertz CT molecular complexity index is 357. The van der Waals surface area contributed by atoms with Crippen LogP contribution in [0.25, 0.3) is 0 Å². The summed E-state index contributed by atoms with van der Waals surface area (Å²) in [5.74, 6) is 1.82. The van der Waals surface area contributed by atoms with Crippen LogP contribution in [0.1, 0.15) is 16.3 Å². The average Bonchev–Trinajstić information content (AvgIpc) is 2.61. The van der Waals surface area contributed by atoms with Crippen molar-refractivity contribution in [3.8, 4) is 0 Å². The molecule has 0 unspecified atom stereocenters. The van der Waals surface area contributed by atoms with Crippen LogP contribution in [0.3, 0.4) is 0 Å². The predicted octanol–water partition coefficient (Wildman–Crippen LogP) is 0.959. The molecular formula is C10H13NO3S. The Morgan fingerprint density at radius 2 is 2.40 bits per heavy atom. The van der Waals surface area contributed by atoms with Crippen molar-refractivity contribution in [2.75, 3.05) is 19.3 Å². The summed E-state index contributed by atoms with van der Waals surface area (Å²) in [6, 6.07) is 3.51. The number of hydrogen-bond acceptors (Lipinski definition) is 4. The first-order chi connectivity index (χ1) is 7.20. The third-order valence-electron chi connectivity index (χ3n) is 2.31. The molecule has 1 fully saturated rings. The van der Waals surface area contributed by atoms with E-state index in [1.165, 1.54) is 0 Å². The van der Waals surface area contributed by atoms with Crippen LogP contribution < -0.4 is 0 Å². The van der Waals surface area contributed by atoms with Crippen LogP contribution in [0.2, 0.25) is 0 Å². The highest BCUT2D eigenvalue weighted by atomic mass is 32.2. The lowest BCUT2D eigenvalue weighted by Crippen LogP contribution is -2.53. The molecule has 0 radical (unpaired) electrons. The summed E-state index contributed by atoms with van der Waals surface area (Å²) in [5, 5.41) is 9.08. The quantitative estimate of drug-likeness (QED) is 0.835. The molecule has 82 valence electrons. The zero-order valence-electron chi connectivity index (χ0n) is 8.47. The number of rotatable bonds is 3. The van der Waals surface area contributed by atoms with Gasteiger partial charge in [-0.2, -0.15) is 11.8 Å². The van der Waals surface area contributed by atoms with Crippen molar-refractivity contribution in [2.45, 2.75) is 11.9 Å². The van der Waals surface area contributed by atoms with E-state index in [2.05, 4.69) is 0 Å². The van der Waals surface area contributed by atoms with Crippen LogP contribution in [0.5, 0.6) is 0 Å². The van der Waals surface area contributed by atoms with Crippen LogP contribution >= 0.6 is 11.8 Å². The second-order valence-electron chi connectivity index (χ2n) is 3.56. The minimum absolute atomic E-state index is 0.132. The number of β-amino-alcohol motifs (C(OH)–C–C–N with tert-alkyl or cyclic N) is 1. The first kappa shape index (κ1) is 10.6. The molecule has 5 heteroatoms. The van der Waals surface area contributed by atoms with Crippen LogP contribution in [0.4, 0.5) is 0 Å². The van der Waals surface area contributed by atoms with E-state index in [9.17, 15) is 4.79 Å². The normalized spacial score (nSPS) is 16.5. The minimum atomic E-state index is -0.366. The van der Waals surface area contributed by atoms with Crippen LogP contribution in [-0.2, 0) is 5.75 Å². The summed E-state index contributed by atoms with van der Waals surface area (Å²) >= 11 is 1.65. The second kappa shape index (κ2) is 4.28. The third-order valence-corrected chi connectivity index (χ3v) is 2.88. The Balaban J connectivity index is 1.99. The van der Waals surface area contributed by atoms with Gasteiger partial charge in [0, 0.05) is 13.1 Å². The molecule has 1 aromatic heterocycles. The van der Waals surface area contributed by atoms with Crippen molar-refractivity contribution in [3.05, 3.63) is 23.7 Å². The topological polar surface area (TPSA) is 53.7 Å². The van der Waals surface area contributed by atoms with E-state index in [4.69, 9.17) is 9.52 Å². The molecule has 0 saturated carbocycles. The van der Waals surface area contributed by atoms with Gasteiger partial charge < -0.3 is 14.4 Å². The van der Waals surface area contributed by atoms with Gasteiger partial charge in [-0.1, -0.05) is 0 Å². The molecule has 2 heterocycles. The zero-order chi connectivity index (χ0) is 10.8. The van der Waals surface area contributed by atoms with Gasteiger partial charge in [0.1, 0.15) is 5.76 Å². The molecule has 0 spiro atoms. The summed E-state index contributed by atoms with van der Waals surface area (Å²) in [5.41, 5.74) is 0. The van der Waals surface area contributed by atoms with Crippen molar-refractivity contribution < 1.29 is 14.3 Å². The molecule has 0 aliphatic carbocycles. The highest BCUT2D eigenvalue weighted by Gasteiger charge is 2.30. The maximum absolute atomic E-state index is 11.7. The number of aliphatic hydroxyl groups excluding tert-OH is 1. The van der Waals surface area contributed by atoms with Gasteiger partial charge in [-0.25, -0.2) is 0 Å². The Kier molecular flexibility index (Phi) is 3.02. The number of likely N-dealkylation sites (tertiary alicyclic amines) is 1. The monoisotopic (exact) mass is 227 g/mol. The molecule has 2 rings (SSSR count). The first-order valence-corrected chi connectivity index (χ1v) is 6.15. The number of carbonyl (C=O) groups is 1. The van der Waals surface area contributed by atoms with Crippen molar-refractivity contribution in [1.82, 2.24) is 4.90 Å².